The van der Waals surface area contributed by atoms with Crippen LogP contribution in [0, 0.1) is 5.92 Å². The molecule has 33 heavy (non-hydrogen) atoms. The summed E-state index contributed by atoms with van der Waals surface area (Å²) in [6, 6.07) is 5.83. The summed E-state index contributed by atoms with van der Waals surface area (Å²) in [5.74, 6) is 1.60. The van der Waals surface area contributed by atoms with Gasteiger partial charge in [0.2, 0.25) is 0 Å². The Bertz CT molecular complexity index is 1060. The molecule has 184 valence electrons. The van der Waals surface area contributed by atoms with Crippen LogP contribution in [0.25, 0.3) is 11.0 Å². The highest BCUT2D eigenvalue weighted by molar-refractivity contribution is 7.90. The Balaban J connectivity index is 1.63. The number of hydrogen-bond acceptors (Lipinski definition) is 5. The van der Waals surface area contributed by atoms with Gasteiger partial charge in [-0.25, -0.2) is 4.98 Å². The van der Waals surface area contributed by atoms with Gasteiger partial charge in [-0.1, -0.05) is 20.8 Å². The molecule has 0 aliphatic carbocycles. The molecule has 1 aromatic heterocycles. The van der Waals surface area contributed by atoms with Gasteiger partial charge in [0.05, 0.1) is 22.8 Å². The summed E-state index contributed by atoms with van der Waals surface area (Å²) in [6.45, 7) is 10.0. The van der Waals surface area contributed by atoms with Gasteiger partial charge in [-0.05, 0) is 49.8 Å². The lowest BCUT2D eigenvalue weighted by Crippen LogP contribution is -2.47. The first-order chi connectivity index (χ1) is 15.6. The number of nitrogens with zero attached hydrogens (tertiary/aromatic N) is 4. The molecule has 0 radical (unpaired) electrons. The van der Waals surface area contributed by atoms with E-state index in [1.807, 2.05) is 18.2 Å². The van der Waals surface area contributed by atoms with Crippen LogP contribution < -0.4 is 4.31 Å². The van der Waals surface area contributed by atoms with E-state index in [1.54, 1.807) is 18.5 Å². The minimum atomic E-state index is -3.61. The minimum Gasteiger partial charge on any atom is -0.381 e. The van der Waals surface area contributed by atoms with Gasteiger partial charge in [-0.3, -0.25) is 4.31 Å². The zero-order chi connectivity index (χ0) is 23.8. The van der Waals surface area contributed by atoms with E-state index in [4.69, 9.17) is 14.5 Å². The number of benzene rings is 1. The molecule has 3 heterocycles. The van der Waals surface area contributed by atoms with Crippen molar-refractivity contribution in [3.05, 3.63) is 24.0 Å². The van der Waals surface area contributed by atoms with Gasteiger partial charge in [0.25, 0.3) is 0 Å². The number of hydrogen-bond donors (Lipinski definition) is 0. The highest BCUT2D eigenvalue weighted by atomic mass is 32.2. The standard InChI is InChI=1S/C24H38N4O4S/c1-24(2,3)23-25-21-16-19(6-7-22(21)28(23)17-18-10-14-32-15-11-18)26(4)33(29,30)27-12-8-20(31-5)9-13-27/h6-7,16,18,20H,8-15,17H2,1-5H3. The first-order valence-corrected chi connectivity index (χ1v) is 13.4. The summed E-state index contributed by atoms with van der Waals surface area (Å²) >= 11 is 0. The zero-order valence-corrected chi connectivity index (χ0v) is 21.4. The SMILES string of the molecule is COC1CCN(S(=O)(=O)N(C)c2ccc3c(c2)nc(C(C)(C)C)n3CC2CCOCC2)CC1. The van der Waals surface area contributed by atoms with Crippen LogP contribution in [-0.2, 0) is 31.6 Å². The maximum Gasteiger partial charge on any atom is 0.303 e. The second-order valence-corrected chi connectivity index (χ2v) is 12.3. The molecule has 1 aromatic carbocycles. The number of piperidine rings is 1. The molecule has 2 fully saturated rings. The third kappa shape index (κ3) is 5.06. The monoisotopic (exact) mass is 478 g/mol. The molecule has 8 nitrogen and oxygen atoms in total. The fraction of sp³-hybridized carbons (Fsp3) is 0.708. The Kier molecular flexibility index (Phi) is 7.05. The van der Waals surface area contributed by atoms with Crippen molar-refractivity contribution in [1.82, 2.24) is 13.9 Å². The molecular formula is C24H38N4O4S. The largest absolute Gasteiger partial charge is 0.381 e. The van der Waals surface area contributed by atoms with Crippen LogP contribution in [0.5, 0.6) is 0 Å². The maximum atomic E-state index is 13.3. The van der Waals surface area contributed by atoms with Crippen molar-refractivity contribution < 1.29 is 17.9 Å². The van der Waals surface area contributed by atoms with E-state index in [0.29, 0.717) is 37.5 Å². The Hall–Kier alpha value is -1.68. The van der Waals surface area contributed by atoms with E-state index in [2.05, 4.69) is 25.3 Å². The van der Waals surface area contributed by atoms with E-state index < -0.39 is 10.2 Å². The molecule has 4 rings (SSSR count). The molecule has 2 saturated heterocycles. The van der Waals surface area contributed by atoms with Crippen molar-refractivity contribution in [2.24, 2.45) is 5.92 Å². The van der Waals surface area contributed by atoms with Crippen LogP contribution in [0.15, 0.2) is 18.2 Å². The molecule has 0 saturated carbocycles. The van der Waals surface area contributed by atoms with Crippen LogP contribution in [0.1, 0.15) is 52.3 Å². The number of fused-ring (bicyclic) bond motifs is 1. The molecular weight excluding hydrogens is 440 g/mol. The molecule has 2 aliphatic heterocycles. The summed E-state index contributed by atoms with van der Waals surface area (Å²) in [5, 5.41) is 0. The Morgan fingerprint density at radius 1 is 1.15 bits per heavy atom. The van der Waals surface area contributed by atoms with E-state index in [0.717, 1.165) is 49.5 Å². The highest BCUT2D eigenvalue weighted by Gasteiger charge is 2.32. The summed E-state index contributed by atoms with van der Waals surface area (Å²) in [6.07, 6.45) is 3.68. The lowest BCUT2D eigenvalue weighted by Gasteiger charge is -2.33. The van der Waals surface area contributed by atoms with Gasteiger partial charge in [0.15, 0.2) is 0 Å². The topological polar surface area (TPSA) is 76.9 Å². The highest BCUT2D eigenvalue weighted by Crippen LogP contribution is 2.32. The second kappa shape index (κ2) is 9.52. The van der Waals surface area contributed by atoms with Crippen molar-refractivity contribution in [3.63, 3.8) is 0 Å². The second-order valence-electron chi connectivity index (χ2n) is 10.3. The summed E-state index contributed by atoms with van der Waals surface area (Å²) in [4.78, 5) is 4.99. The van der Waals surface area contributed by atoms with E-state index in [1.165, 1.54) is 4.31 Å². The average molecular weight is 479 g/mol. The van der Waals surface area contributed by atoms with Gasteiger partial charge in [-0.2, -0.15) is 12.7 Å². The molecule has 0 unspecified atom stereocenters. The van der Waals surface area contributed by atoms with Crippen LogP contribution >= 0.6 is 0 Å². The molecule has 2 aromatic rings. The quantitative estimate of drug-likeness (QED) is 0.635. The third-order valence-electron chi connectivity index (χ3n) is 6.95. The number of rotatable bonds is 6. The number of anilines is 1. The average Bonchev–Trinajstić information content (AvgIpc) is 3.17. The Morgan fingerprint density at radius 3 is 2.42 bits per heavy atom. The summed E-state index contributed by atoms with van der Waals surface area (Å²) in [5.41, 5.74) is 2.41. The number of methoxy groups -OCH3 is 1. The van der Waals surface area contributed by atoms with Gasteiger partial charge in [0.1, 0.15) is 5.82 Å². The molecule has 0 N–H and O–H groups in total. The fourth-order valence-electron chi connectivity index (χ4n) is 4.86. The molecule has 2 aliphatic rings. The fourth-order valence-corrected chi connectivity index (χ4v) is 6.26. The maximum absolute atomic E-state index is 13.3. The normalized spacial score (nSPS) is 19.9. The van der Waals surface area contributed by atoms with Gasteiger partial charge in [-0.15, -0.1) is 0 Å². The number of ether oxygens (including phenoxy) is 2. The minimum absolute atomic E-state index is 0.117. The molecule has 9 heteroatoms. The predicted molar refractivity (Wildman–Crippen MR) is 131 cm³/mol. The Labute approximate surface area is 198 Å². The first-order valence-electron chi connectivity index (χ1n) is 12.0. The van der Waals surface area contributed by atoms with Crippen LogP contribution in [0.2, 0.25) is 0 Å². The lowest BCUT2D eigenvalue weighted by atomic mass is 9.94. The predicted octanol–water partition coefficient (Wildman–Crippen LogP) is 3.55. The van der Waals surface area contributed by atoms with Crippen molar-refractivity contribution in [2.75, 3.05) is 44.8 Å². The molecule has 0 bridgehead atoms. The Morgan fingerprint density at radius 2 is 1.82 bits per heavy atom. The van der Waals surface area contributed by atoms with E-state index >= 15 is 0 Å². The molecule has 0 amide bonds. The summed E-state index contributed by atoms with van der Waals surface area (Å²) < 4.78 is 42.8. The smallest absolute Gasteiger partial charge is 0.303 e. The first kappa shape index (κ1) is 24.4. The molecule has 0 spiro atoms. The van der Waals surface area contributed by atoms with Crippen molar-refractivity contribution >= 4 is 26.9 Å². The van der Waals surface area contributed by atoms with Crippen LogP contribution in [-0.4, -0.2) is 68.8 Å². The van der Waals surface area contributed by atoms with Crippen molar-refractivity contribution in [3.8, 4) is 0 Å². The zero-order valence-electron chi connectivity index (χ0n) is 20.6. The van der Waals surface area contributed by atoms with Crippen molar-refractivity contribution in [2.45, 2.75) is 64.5 Å². The van der Waals surface area contributed by atoms with Gasteiger partial charge in [0, 0.05) is 52.4 Å². The van der Waals surface area contributed by atoms with Crippen molar-refractivity contribution in [1.29, 1.82) is 0 Å². The third-order valence-corrected chi connectivity index (χ3v) is 8.88. The van der Waals surface area contributed by atoms with Gasteiger partial charge >= 0.3 is 10.2 Å². The van der Waals surface area contributed by atoms with Crippen LogP contribution in [0.4, 0.5) is 5.69 Å². The molecule has 0 atom stereocenters. The van der Waals surface area contributed by atoms with E-state index in [-0.39, 0.29) is 11.5 Å². The van der Waals surface area contributed by atoms with E-state index in [9.17, 15) is 8.42 Å². The number of aromatic nitrogens is 2. The van der Waals surface area contributed by atoms with Crippen LogP contribution in [0.3, 0.4) is 0 Å². The van der Waals surface area contributed by atoms with Gasteiger partial charge < -0.3 is 14.0 Å². The summed E-state index contributed by atoms with van der Waals surface area (Å²) in [7, 11) is -0.296. The lowest BCUT2D eigenvalue weighted by molar-refractivity contribution is 0.0604. The number of imidazole rings is 1.